The Bertz CT molecular complexity index is 995. The molecule has 0 aliphatic heterocycles. The summed E-state index contributed by atoms with van der Waals surface area (Å²) in [5, 5.41) is 8.10. The third kappa shape index (κ3) is 4.32. The lowest BCUT2D eigenvalue weighted by molar-refractivity contribution is -0.120. The summed E-state index contributed by atoms with van der Waals surface area (Å²) in [5.41, 5.74) is 2.96. The van der Waals surface area contributed by atoms with E-state index in [2.05, 4.69) is 16.4 Å². The van der Waals surface area contributed by atoms with Gasteiger partial charge in [0.2, 0.25) is 5.91 Å². The van der Waals surface area contributed by atoms with Crippen LogP contribution in [0.5, 0.6) is 0 Å². The number of hydrogen-bond acceptors (Lipinski definition) is 4. The Kier molecular flexibility index (Phi) is 5.42. The second-order valence-electron chi connectivity index (χ2n) is 6.11. The topological polar surface area (TPSA) is 42.0 Å². The summed E-state index contributed by atoms with van der Waals surface area (Å²) in [6.07, 6.45) is 0.276. The first kappa shape index (κ1) is 17.6. The van der Waals surface area contributed by atoms with Crippen molar-refractivity contribution >= 4 is 28.6 Å². The molecule has 5 heteroatoms. The predicted octanol–water partition coefficient (Wildman–Crippen LogP) is 5.32. The number of nitrogens with one attached hydrogen (secondary N) is 1. The summed E-state index contributed by atoms with van der Waals surface area (Å²) in [5.74, 6) is -0.0258. The van der Waals surface area contributed by atoms with E-state index in [0.29, 0.717) is 0 Å². The van der Waals surface area contributed by atoms with Crippen molar-refractivity contribution < 1.29 is 4.79 Å². The summed E-state index contributed by atoms with van der Waals surface area (Å²) in [6.45, 7) is 0. The van der Waals surface area contributed by atoms with Gasteiger partial charge in [-0.2, -0.15) is 0 Å². The minimum Gasteiger partial charge on any atom is -0.344 e. The first-order chi connectivity index (χ1) is 13.3. The van der Waals surface area contributed by atoms with E-state index >= 15 is 0 Å². The highest BCUT2D eigenvalue weighted by molar-refractivity contribution is 7.13. The standard InChI is InChI=1S/C22H18N2OS2/c25-20(14-18-15-27-22(23-18)17-10-5-2-6-11-17)24-21(19-12-7-13-26-19)16-8-3-1-4-9-16/h1-13,15,21H,14H2,(H,24,25)/t21-/m0/s1. The fourth-order valence-electron chi connectivity index (χ4n) is 2.90. The lowest BCUT2D eigenvalue weighted by atomic mass is 10.1. The van der Waals surface area contributed by atoms with Crippen LogP contribution in [0.2, 0.25) is 0 Å². The van der Waals surface area contributed by atoms with Gasteiger partial charge in [0.1, 0.15) is 5.01 Å². The molecule has 3 nitrogen and oxygen atoms in total. The highest BCUT2D eigenvalue weighted by Crippen LogP contribution is 2.27. The fourth-order valence-corrected chi connectivity index (χ4v) is 4.53. The van der Waals surface area contributed by atoms with Crippen molar-refractivity contribution in [2.45, 2.75) is 12.5 Å². The van der Waals surface area contributed by atoms with Crippen LogP contribution < -0.4 is 5.32 Å². The Morgan fingerprint density at radius 3 is 2.37 bits per heavy atom. The average Bonchev–Trinajstić information content (AvgIpc) is 3.40. The third-order valence-corrected chi connectivity index (χ3v) is 6.06. The number of carbonyl (C=O) groups excluding carboxylic acids is 1. The number of rotatable bonds is 6. The molecular formula is C22H18N2OS2. The molecule has 1 amide bonds. The summed E-state index contributed by atoms with van der Waals surface area (Å²) in [4.78, 5) is 18.4. The highest BCUT2D eigenvalue weighted by atomic mass is 32.1. The van der Waals surface area contributed by atoms with Gasteiger partial charge in [-0.25, -0.2) is 4.98 Å². The molecule has 2 heterocycles. The van der Waals surface area contributed by atoms with E-state index in [9.17, 15) is 4.79 Å². The number of aromatic nitrogens is 1. The number of thiazole rings is 1. The van der Waals surface area contributed by atoms with Crippen LogP contribution in [0.25, 0.3) is 10.6 Å². The number of benzene rings is 2. The molecule has 4 rings (SSSR count). The van der Waals surface area contributed by atoms with Crippen molar-refractivity contribution in [1.82, 2.24) is 10.3 Å². The van der Waals surface area contributed by atoms with Crippen molar-refractivity contribution in [3.63, 3.8) is 0 Å². The monoisotopic (exact) mass is 390 g/mol. The molecule has 0 unspecified atom stereocenters. The molecule has 0 aliphatic carbocycles. The second-order valence-corrected chi connectivity index (χ2v) is 7.95. The summed E-state index contributed by atoms with van der Waals surface area (Å²) < 4.78 is 0. The van der Waals surface area contributed by atoms with Crippen molar-refractivity contribution in [2.75, 3.05) is 0 Å². The molecule has 2 aromatic heterocycles. The van der Waals surface area contributed by atoms with Gasteiger partial charge in [0.25, 0.3) is 0 Å². The zero-order chi connectivity index (χ0) is 18.5. The van der Waals surface area contributed by atoms with E-state index < -0.39 is 0 Å². The molecule has 0 radical (unpaired) electrons. The SMILES string of the molecule is O=C(Cc1csc(-c2ccccc2)n1)N[C@@H](c1ccccc1)c1cccs1. The van der Waals surface area contributed by atoms with E-state index in [4.69, 9.17) is 0 Å². The predicted molar refractivity (Wildman–Crippen MR) is 112 cm³/mol. The Balaban J connectivity index is 1.49. The van der Waals surface area contributed by atoms with Crippen LogP contribution in [-0.2, 0) is 11.2 Å². The number of hydrogen-bond donors (Lipinski definition) is 1. The van der Waals surface area contributed by atoms with Gasteiger partial charge < -0.3 is 5.32 Å². The molecule has 0 saturated heterocycles. The molecule has 1 atom stereocenters. The number of carbonyl (C=O) groups is 1. The largest absolute Gasteiger partial charge is 0.344 e. The molecule has 1 N–H and O–H groups in total. The van der Waals surface area contributed by atoms with Crippen molar-refractivity contribution in [3.8, 4) is 10.6 Å². The average molecular weight is 391 g/mol. The first-order valence-corrected chi connectivity index (χ1v) is 10.4. The van der Waals surface area contributed by atoms with E-state index in [1.807, 2.05) is 77.5 Å². The lowest BCUT2D eigenvalue weighted by Crippen LogP contribution is -2.30. The van der Waals surface area contributed by atoms with Gasteiger partial charge in [0.15, 0.2) is 0 Å². The number of nitrogens with zero attached hydrogens (tertiary/aromatic N) is 1. The zero-order valence-corrected chi connectivity index (χ0v) is 16.2. The number of amides is 1. The van der Waals surface area contributed by atoms with E-state index in [0.717, 1.165) is 26.7 Å². The number of thiophene rings is 1. The Hall–Kier alpha value is -2.76. The Morgan fingerprint density at radius 2 is 1.67 bits per heavy atom. The van der Waals surface area contributed by atoms with Crippen LogP contribution in [-0.4, -0.2) is 10.9 Å². The van der Waals surface area contributed by atoms with Gasteiger partial charge >= 0.3 is 0 Å². The summed E-state index contributed by atoms with van der Waals surface area (Å²) in [6, 6.07) is 24.0. The Morgan fingerprint density at radius 1 is 0.926 bits per heavy atom. The third-order valence-electron chi connectivity index (χ3n) is 4.18. The van der Waals surface area contributed by atoms with Crippen LogP contribution in [0, 0.1) is 0 Å². The van der Waals surface area contributed by atoms with E-state index in [1.165, 1.54) is 0 Å². The fraction of sp³-hybridized carbons (Fsp3) is 0.0909. The lowest BCUT2D eigenvalue weighted by Gasteiger charge is -2.17. The molecule has 134 valence electrons. The van der Waals surface area contributed by atoms with Crippen molar-refractivity contribution in [1.29, 1.82) is 0 Å². The van der Waals surface area contributed by atoms with Gasteiger partial charge in [-0.05, 0) is 17.0 Å². The van der Waals surface area contributed by atoms with Crippen LogP contribution in [0.3, 0.4) is 0 Å². The van der Waals surface area contributed by atoms with Gasteiger partial charge in [0.05, 0.1) is 18.2 Å². The molecule has 0 bridgehead atoms. The van der Waals surface area contributed by atoms with Crippen LogP contribution in [0.15, 0.2) is 83.6 Å². The smallest absolute Gasteiger partial charge is 0.226 e. The van der Waals surface area contributed by atoms with Crippen molar-refractivity contribution in [3.05, 3.63) is 99.7 Å². The van der Waals surface area contributed by atoms with Gasteiger partial charge in [0, 0.05) is 15.8 Å². The van der Waals surface area contributed by atoms with Crippen LogP contribution in [0.1, 0.15) is 22.2 Å². The van der Waals surface area contributed by atoms with Crippen molar-refractivity contribution in [2.24, 2.45) is 0 Å². The minimum absolute atomic E-state index is 0.0258. The molecule has 27 heavy (non-hydrogen) atoms. The molecular weight excluding hydrogens is 372 g/mol. The van der Waals surface area contributed by atoms with E-state index in [-0.39, 0.29) is 18.4 Å². The summed E-state index contributed by atoms with van der Waals surface area (Å²) >= 11 is 3.22. The second kappa shape index (κ2) is 8.29. The highest BCUT2D eigenvalue weighted by Gasteiger charge is 2.18. The van der Waals surface area contributed by atoms with Crippen LogP contribution in [0.4, 0.5) is 0 Å². The maximum atomic E-state index is 12.7. The van der Waals surface area contributed by atoms with Gasteiger partial charge in [-0.1, -0.05) is 66.7 Å². The summed E-state index contributed by atoms with van der Waals surface area (Å²) in [7, 11) is 0. The van der Waals surface area contributed by atoms with Gasteiger partial charge in [-0.3, -0.25) is 4.79 Å². The molecule has 0 aliphatic rings. The first-order valence-electron chi connectivity index (χ1n) is 8.67. The zero-order valence-electron chi connectivity index (χ0n) is 14.5. The molecule has 0 spiro atoms. The quantitative estimate of drug-likeness (QED) is 0.484. The minimum atomic E-state index is -0.133. The van der Waals surface area contributed by atoms with E-state index in [1.54, 1.807) is 22.7 Å². The normalized spacial score (nSPS) is 11.9. The molecule has 2 aromatic carbocycles. The molecule has 4 aromatic rings. The Labute approximate surface area is 166 Å². The maximum absolute atomic E-state index is 12.7. The maximum Gasteiger partial charge on any atom is 0.226 e. The van der Waals surface area contributed by atoms with Crippen LogP contribution >= 0.6 is 22.7 Å². The molecule has 0 fully saturated rings. The molecule has 0 saturated carbocycles. The van der Waals surface area contributed by atoms with Gasteiger partial charge in [-0.15, -0.1) is 22.7 Å².